The van der Waals surface area contributed by atoms with Crippen molar-refractivity contribution in [1.29, 1.82) is 0 Å². The van der Waals surface area contributed by atoms with E-state index in [1.165, 1.54) is 0 Å². The lowest BCUT2D eigenvalue weighted by molar-refractivity contribution is 0.0675. The number of carboxylic acid groups (broad SMARTS) is 2. The molecule has 104 valence electrons. The molecule has 1 rings (SSSR count). The number of benzene rings is 1. The summed E-state index contributed by atoms with van der Waals surface area (Å²) in [5.74, 6) is -3.26. The summed E-state index contributed by atoms with van der Waals surface area (Å²) in [6, 6.07) is 1.58. The number of halogens is 1. The van der Waals surface area contributed by atoms with Gasteiger partial charge in [0.15, 0.2) is 0 Å². The van der Waals surface area contributed by atoms with Crippen LogP contribution in [0.5, 0.6) is 5.75 Å². The second-order valence-electron chi connectivity index (χ2n) is 3.23. The van der Waals surface area contributed by atoms with Gasteiger partial charge in [0.05, 0.1) is 15.7 Å². The summed E-state index contributed by atoms with van der Waals surface area (Å²) in [7, 11) is 0. The minimum atomic E-state index is -4.16. The van der Waals surface area contributed by atoms with E-state index in [1.807, 2.05) is 0 Å². The average Bonchev–Trinajstić information content (AvgIpc) is 2.34. The quantitative estimate of drug-likeness (QED) is 0.613. The first kappa shape index (κ1) is 15.3. The Morgan fingerprint density at radius 1 is 1.11 bits per heavy atom. The molecule has 0 aliphatic carbocycles. The van der Waals surface area contributed by atoms with Crippen LogP contribution in [0.25, 0.3) is 0 Å². The Morgan fingerprint density at radius 2 is 1.68 bits per heavy atom. The molecule has 9 heteroatoms. The first-order valence-electron chi connectivity index (χ1n) is 4.82. The van der Waals surface area contributed by atoms with E-state index in [-0.39, 0.29) is 12.4 Å². The lowest BCUT2D eigenvalue weighted by Crippen LogP contribution is -2.10. The van der Waals surface area contributed by atoms with Crippen LogP contribution in [0.2, 0.25) is 0 Å². The van der Waals surface area contributed by atoms with E-state index >= 15 is 0 Å². The van der Waals surface area contributed by atoms with Crippen molar-refractivity contribution in [3.8, 4) is 5.75 Å². The molecular formula is C10H9IO8. The molecule has 1 aromatic carbocycles. The third-order valence-corrected chi connectivity index (χ3v) is 3.89. The number of carbonyl (C=O) groups is 2. The molecule has 0 fully saturated rings. The largest absolute Gasteiger partial charge is 0.490 e. The van der Waals surface area contributed by atoms with Gasteiger partial charge in [-0.1, -0.05) is 0 Å². The van der Waals surface area contributed by atoms with E-state index in [0.29, 0.717) is 0 Å². The summed E-state index contributed by atoms with van der Waals surface area (Å²) < 4.78 is 26.4. The van der Waals surface area contributed by atoms with E-state index < -0.39 is 53.0 Å². The maximum atomic E-state index is 11.0. The highest BCUT2D eigenvalue weighted by Crippen LogP contribution is 2.30. The van der Waals surface area contributed by atoms with E-state index in [9.17, 15) is 15.7 Å². The number of hydrogen-bond acceptors (Lipinski definition) is 6. The number of ether oxygens (including phenoxy) is 1. The zero-order valence-electron chi connectivity index (χ0n) is 9.33. The number of aliphatic hydroxyl groups excluding tert-OH is 1. The second-order valence-corrected chi connectivity index (χ2v) is 5.63. The fourth-order valence-electron chi connectivity index (χ4n) is 1.29. The predicted molar refractivity (Wildman–Crippen MR) is 67.0 cm³/mol. The van der Waals surface area contributed by atoms with Gasteiger partial charge >= 0.3 is 31.7 Å². The monoisotopic (exact) mass is 384 g/mol. The molecule has 3 N–H and O–H groups in total. The van der Waals surface area contributed by atoms with Crippen molar-refractivity contribution in [2.75, 3.05) is 13.2 Å². The molecule has 8 nitrogen and oxygen atoms in total. The van der Waals surface area contributed by atoms with Crippen molar-refractivity contribution in [2.45, 2.75) is 0 Å². The minimum absolute atomic E-state index is 0.240. The van der Waals surface area contributed by atoms with Crippen molar-refractivity contribution in [1.82, 2.24) is 0 Å². The molecule has 19 heavy (non-hydrogen) atoms. The Balaban J connectivity index is 3.49. The maximum absolute atomic E-state index is 11.0. The molecule has 0 aliphatic heterocycles. The summed E-state index contributed by atoms with van der Waals surface area (Å²) in [5, 5.41) is 26.4. The Morgan fingerprint density at radius 3 is 2.11 bits per heavy atom. The number of aromatic carboxylic acids is 2. The van der Waals surface area contributed by atoms with Gasteiger partial charge in [-0.05, 0) is 12.1 Å². The highest BCUT2D eigenvalue weighted by Gasteiger charge is 2.22. The molecule has 0 aliphatic rings. The molecule has 0 atom stereocenters. The Kier molecular flexibility index (Phi) is 5.18. The molecular weight excluding hydrogens is 375 g/mol. The van der Waals surface area contributed by atoms with E-state index in [0.717, 1.165) is 12.1 Å². The van der Waals surface area contributed by atoms with Gasteiger partial charge in [-0.25, -0.2) is 15.7 Å². The van der Waals surface area contributed by atoms with Crippen molar-refractivity contribution < 1.29 is 35.8 Å². The second kappa shape index (κ2) is 6.43. The first-order valence-corrected chi connectivity index (χ1v) is 7.66. The minimum Gasteiger partial charge on any atom is -0.490 e. The maximum Gasteiger partial charge on any atom is 0.341 e. The van der Waals surface area contributed by atoms with Crippen LogP contribution in [0.1, 0.15) is 20.7 Å². The van der Waals surface area contributed by atoms with Gasteiger partial charge in [-0.2, -0.15) is 0 Å². The van der Waals surface area contributed by atoms with Crippen LogP contribution in [0, 0.1) is 3.57 Å². The topological polar surface area (TPSA) is 138 Å². The molecule has 0 saturated carbocycles. The summed E-state index contributed by atoms with van der Waals surface area (Å²) >= 11 is -4.16. The molecule has 0 amide bonds. The summed E-state index contributed by atoms with van der Waals surface area (Å²) in [6.07, 6.45) is 0. The van der Waals surface area contributed by atoms with Crippen molar-refractivity contribution >= 4 is 31.7 Å². The third-order valence-electron chi connectivity index (χ3n) is 2.05. The van der Waals surface area contributed by atoms with Gasteiger partial charge in [0.2, 0.25) is 0 Å². The Hall–Kier alpha value is -1.75. The number of hydrogen-bond donors (Lipinski definition) is 3. The van der Waals surface area contributed by atoms with Gasteiger partial charge in [0.1, 0.15) is 17.9 Å². The van der Waals surface area contributed by atoms with Crippen LogP contribution in [0.4, 0.5) is 0 Å². The van der Waals surface area contributed by atoms with E-state index in [2.05, 4.69) is 0 Å². The van der Waals surface area contributed by atoms with E-state index in [4.69, 9.17) is 20.1 Å². The Bertz CT molecular complexity index is 581. The average molecular weight is 384 g/mol. The highest BCUT2D eigenvalue weighted by atomic mass is 127. The van der Waals surface area contributed by atoms with Crippen molar-refractivity contribution in [2.24, 2.45) is 0 Å². The van der Waals surface area contributed by atoms with Gasteiger partial charge in [-0.3, -0.25) is 0 Å². The van der Waals surface area contributed by atoms with Crippen molar-refractivity contribution in [3.63, 3.8) is 0 Å². The lowest BCUT2D eigenvalue weighted by atomic mass is 10.1. The van der Waals surface area contributed by atoms with Crippen LogP contribution in [0.15, 0.2) is 12.1 Å². The number of carboxylic acids is 2. The first-order chi connectivity index (χ1) is 8.88. The number of aliphatic hydroxyl groups is 1. The van der Waals surface area contributed by atoms with Gasteiger partial charge < -0.3 is 20.1 Å². The predicted octanol–water partition coefficient (Wildman–Crippen LogP) is 0.821. The summed E-state index contributed by atoms with van der Waals surface area (Å²) in [5.41, 5.74) is -1.02. The van der Waals surface area contributed by atoms with Crippen molar-refractivity contribution in [3.05, 3.63) is 26.8 Å². The molecule has 0 heterocycles. The van der Waals surface area contributed by atoms with Gasteiger partial charge in [-0.15, -0.1) is 0 Å². The lowest BCUT2D eigenvalue weighted by Gasteiger charge is -2.10. The van der Waals surface area contributed by atoms with Crippen LogP contribution in [-0.2, 0) is 6.14 Å². The number of rotatable bonds is 6. The van der Waals surface area contributed by atoms with Gasteiger partial charge in [0.25, 0.3) is 0 Å². The molecule has 0 aromatic heterocycles. The molecule has 0 saturated heterocycles. The smallest absolute Gasteiger partial charge is 0.341 e. The van der Waals surface area contributed by atoms with Crippen LogP contribution < -0.4 is 4.74 Å². The zero-order valence-corrected chi connectivity index (χ0v) is 11.5. The molecule has 1 aromatic rings. The summed E-state index contributed by atoms with van der Waals surface area (Å²) in [6.45, 7) is -0.638. The standard InChI is InChI=1S/C10H9IO8/c12-1-2-19-8-4-5(9(13)14)7(11(17)18)3-6(8)10(15)16/h3-4,12H,1-2H2,(H,13,14)(H,15,16). The fourth-order valence-corrected chi connectivity index (χ4v) is 2.71. The van der Waals surface area contributed by atoms with Crippen LogP contribution in [0.3, 0.4) is 0 Å². The van der Waals surface area contributed by atoms with Gasteiger partial charge in [0, 0.05) is 0 Å². The van der Waals surface area contributed by atoms with Crippen LogP contribution in [-0.4, -0.2) is 40.5 Å². The van der Waals surface area contributed by atoms with Crippen LogP contribution >= 0.6 is 19.8 Å². The highest BCUT2D eigenvalue weighted by molar-refractivity contribution is 14.2. The summed E-state index contributed by atoms with van der Waals surface area (Å²) in [4.78, 5) is 21.9. The fraction of sp³-hybridized carbons (Fsp3) is 0.200. The third kappa shape index (κ3) is 3.61. The molecule has 0 radical (unpaired) electrons. The molecule has 0 unspecified atom stereocenters. The van der Waals surface area contributed by atoms with E-state index in [1.54, 1.807) is 0 Å². The normalized spacial score (nSPS) is 10.4. The zero-order chi connectivity index (χ0) is 14.6. The Labute approximate surface area is 113 Å². The SMILES string of the molecule is O=C(O)c1cc(I(=O)=O)c(C(=O)O)cc1OCCO. The molecule has 0 spiro atoms. The molecule has 0 bridgehead atoms.